The van der Waals surface area contributed by atoms with Crippen molar-refractivity contribution in [3.8, 4) is 0 Å². The average Bonchev–Trinajstić information content (AvgIpc) is 2.49. The van der Waals surface area contributed by atoms with Gasteiger partial charge >= 0.3 is 0 Å². The second-order valence-corrected chi connectivity index (χ2v) is 4.71. The first-order chi connectivity index (χ1) is 10.1. The summed E-state index contributed by atoms with van der Waals surface area (Å²) < 4.78 is 25.9. The molecule has 3 nitrogen and oxygen atoms in total. The van der Waals surface area contributed by atoms with Crippen LogP contribution in [0.5, 0.6) is 0 Å². The van der Waals surface area contributed by atoms with Crippen LogP contribution < -0.4 is 10.6 Å². The Morgan fingerprint density at radius 1 is 1.10 bits per heavy atom. The van der Waals surface area contributed by atoms with E-state index < -0.39 is 17.7 Å². The number of nitrogens with one attached hydrogen (secondary N) is 2. The van der Waals surface area contributed by atoms with E-state index in [1.807, 2.05) is 18.2 Å². The molecular weight excluding hydrogens is 274 g/mol. The third-order valence-corrected chi connectivity index (χ3v) is 3.03. The molecule has 1 atom stereocenters. The molecule has 0 saturated heterocycles. The molecule has 0 radical (unpaired) electrons. The van der Waals surface area contributed by atoms with Crippen molar-refractivity contribution in [2.75, 3.05) is 5.32 Å². The van der Waals surface area contributed by atoms with Gasteiger partial charge in [-0.2, -0.15) is 0 Å². The minimum Gasteiger partial charge on any atom is -0.325 e. The maximum atomic E-state index is 13.1. The second-order valence-electron chi connectivity index (χ2n) is 4.71. The summed E-state index contributed by atoms with van der Waals surface area (Å²) in [5, 5.41) is 5.73. The molecule has 21 heavy (non-hydrogen) atoms. The lowest BCUT2D eigenvalue weighted by Gasteiger charge is -2.14. The molecule has 0 aliphatic rings. The first-order valence-corrected chi connectivity index (χ1v) is 6.59. The van der Waals surface area contributed by atoms with E-state index in [-0.39, 0.29) is 12.5 Å². The fourth-order valence-electron chi connectivity index (χ4n) is 1.79. The van der Waals surface area contributed by atoms with Gasteiger partial charge in [-0.1, -0.05) is 24.3 Å². The van der Waals surface area contributed by atoms with Crippen LogP contribution in [0.2, 0.25) is 0 Å². The molecular formula is C16H16F2N2O. The summed E-state index contributed by atoms with van der Waals surface area (Å²) in [4.78, 5) is 11.9. The van der Waals surface area contributed by atoms with Gasteiger partial charge in [-0.05, 0) is 36.8 Å². The van der Waals surface area contributed by atoms with Gasteiger partial charge in [0.15, 0.2) is 11.6 Å². The second kappa shape index (κ2) is 6.95. The SMILES string of the molecule is CC(NCc1ccc(F)c(F)c1)C(=O)Nc1ccccc1. The van der Waals surface area contributed by atoms with Gasteiger partial charge in [0.1, 0.15) is 0 Å². The van der Waals surface area contributed by atoms with Crippen LogP contribution in [-0.2, 0) is 11.3 Å². The Morgan fingerprint density at radius 3 is 2.48 bits per heavy atom. The van der Waals surface area contributed by atoms with Crippen molar-refractivity contribution in [3.05, 3.63) is 65.7 Å². The van der Waals surface area contributed by atoms with Crippen LogP contribution in [0.4, 0.5) is 14.5 Å². The van der Waals surface area contributed by atoms with E-state index in [4.69, 9.17) is 0 Å². The van der Waals surface area contributed by atoms with Crippen molar-refractivity contribution in [2.24, 2.45) is 0 Å². The van der Waals surface area contributed by atoms with Crippen LogP contribution >= 0.6 is 0 Å². The number of amides is 1. The van der Waals surface area contributed by atoms with Crippen molar-refractivity contribution < 1.29 is 13.6 Å². The fourth-order valence-corrected chi connectivity index (χ4v) is 1.79. The van der Waals surface area contributed by atoms with Crippen LogP contribution in [0.3, 0.4) is 0 Å². The van der Waals surface area contributed by atoms with Gasteiger partial charge in [-0.25, -0.2) is 8.78 Å². The molecule has 2 N–H and O–H groups in total. The lowest BCUT2D eigenvalue weighted by atomic mass is 10.2. The minimum absolute atomic E-state index is 0.191. The van der Waals surface area contributed by atoms with Crippen molar-refractivity contribution in [1.82, 2.24) is 5.32 Å². The molecule has 1 amide bonds. The van der Waals surface area contributed by atoms with E-state index in [1.165, 1.54) is 6.07 Å². The highest BCUT2D eigenvalue weighted by atomic mass is 19.2. The highest BCUT2D eigenvalue weighted by molar-refractivity contribution is 5.94. The van der Waals surface area contributed by atoms with Crippen LogP contribution in [0.15, 0.2) is 48.5 Å². The summed E-state index contributed by atoms with van der Waals surface area (Å²) in [7, 11) is 0. The maximum absolute atomic E-state index is 13.1. The normalized spacial score (nSPS) is 12.0. The molecule has 0 aliphatic carbocycles. The van der Waals surface area contributed by atoms with Gasteiger partial charge in [0.05, 0.1) is 6.04 Å². The number of carbonyl (C=O) groups is 1. The molecule has 0 saturated carbocycles. The van der Waals surface area contributed by atoms with Crippen molar-refractivity contribution in [3.63, 3.8) is 0 Å². The number of hydrogen-bond acceptors (Lipinski definition) is 2. The molecule has 2 aromatic rings. The quantitative estimate of drug-likeness (QED) is 0.888. The molecule has 0 spiro atoms. The van der Waals surface area contributed by atoms with Crippen LogP contribution in [0, 0.1) is 11.6 Å². The van der Waals surface area contributed by atoms with Gasteiger partial charge in [0, 0.05) is 12.2 Å². The minimum atomic E-state index is -0.893. The smallest absolute Gasteiger partial charge is 0.241 e. The van der Waals surface area contributed by atoms with E-state index in [2.05, 4.69) is 10.6 Å². The number of hydrogen-bond donors (Lipinski definition) is 2. The number of carbonyl (C=O) groups excluding carboxylic acids is 1. The highest BCUT2D eigenvalue weighted by Crippen LogP contribution is 2.09. The zero-order valence-corrected chi connectivity index (χ0v) is 11.6. The van der Waals surface area contributed by atoms with E-state index in [9.17, 15) is 13.6 Å². The van der Waals surface area contributed by atoms with E-state index in [0.717, 1.165) is 12.1 Å². The largest absolute Gasteiger partial charge is 0.325 e. The summed E-state index contributed by atoms with van der Waals surface area (Å²) in [5.41, 5.74) is 1.29. The van der Waals surface area contributed by atoms with Crippen molar-refractivity contribution in [1.29, 1.82) is 0 Å². The molecule has 110 valence electrons. The lowest BCUT2D eigenvalue weighted by Crippen LogP contribution is -2.37. The van der Waals surface area contributed by atoms with E-state index >= 15 is 0 Å². The first-order valence-electron chi connectivity index (χ1n) is 6.59. The zero-order chi connectivity index (χ0) is 15.2. The van der Waals surface area contributed by atoms with Gasteiger partial charge in [-0.3, -0.25) is 4.79 Å². The molecule has 5 heteroatoms. The Kier molecular flexibility index (Phi) is 5.00. The summed E-state index contributed by atoms with van der Waals surface area (Å²) in [5.74, 6) is -1.96. The summed E-state index contributed by atoms with van der Waals surface area (Å²) >= 11 is 0. The van der Waals surface area contributed by atoms with E-state index in [0.29, 0.717) is 11.3 Å². The third-order valence-electron chi connectivity index (χ3n) is 3.03. The number of anilines is 1. The Bertz CT molecular complexity index is 617. The number of benzene rings is 2. The van der Waals surface area contributed by atoms with Crippen molar-refractivity contribution in [2.45, 2.75) is 19.5 Å². The number of rotatable bonds is 5. The predicted molar refractivity (Wildman–Crippen MR) is 77.7 cm³/mol. The zero-order valence-electron chi connectivity index (χ0n) is 11.6. The summed E-state index contributed by atoms with van der Waals surface area (Å²) in [6.07, 6.45) is 0. The lowest BCUT2D eigenvalue weighted by molar-refractivity contribution is -0.117. The number of halogens is 2. The molecule has 0 aliphatic heterocycles. The Morgan fingerprint density at radius 2 is 1.81 bits per heavy atom. The van der Waals surface area contributed by atoms with E-state index in [1.54, 1.807) is 19.1 Å². The van der Waals surface area contributed by atoms with Crippen LogP contribution in [0.25, 0.3) is 0 Å². The monoisotopic (exact) mass is 290 g/mol. The molecule has 0 bridgehead atoms. The van der Waals surface area contributed by atoms with Crippen LogP contribution in [0.1, 0.15) is 12.5 Å². The van der Waals surface area contributed by atoms with Gasteiger partial charge in [0.25, 0.3) is 0 Å². The molecule has 0 aromatic heterocycles. The summed E-state index contributed by atoms with van der Waals surface area (Å²) in [6, 6.07) is 12.3. The predicted octanol–water partition coefficient (Wildman–Crippen LogP) is 3.08. The maximum Gasteiger partial charge on any atom is 0.241 e. The average molecular weight is 290 g/mol. The topological polar surface area (TPSA) is 41.1 Å². The third kappa shape index (κ3) is 4.36. The van der Waals surface area contributed by atoms with Crippen LogP contribution in [-0.4, -0.2) is 11.9 Å². The Labute approximate surface area is 122 Å². The standard InChI is InChI=1S/C16H16F2N2O/c1-11(16(21)20-13-5-3-2-4-6-13)19-10-12-7-8-14(17)15(18)9-12/h2-9,11,19H,10H2,1H3,(H,20,21). The molecule has 0 heterocycles. The Hall–Kier alpha value is -2.27. The summed E-state index contributed by atoms with van der Waals surface area (Å²) in [6.45, 7) is 1.98. The molecule has 2 aromatic carbocycles. The molecule has 0 fully saturated rings. The van der Waals surface area contributed by atoms with Gasteiger partial charge < -0.3 is 10.6 Å². The Balaban J connectivity index is 1.87. The van der Waals surface area contributed by atoms with Gasteiger partial charge in [0.2, 0.25) is 5.91 Å². The fraction of sp³-hybridized carbons (Fsp3) is 0.188. The van der Waals surface area contributed by atoms with Gasteiger partial charge in [-0.15, -0.1) is 0 Å². The number of para-hydroxylation sites is 1. The highest BCUT2D eigenvalue weighted by Gasteiger charge is 2.12. The molecule has 1 unspecified atom stereocenters. The molecule has 2 rings (SSSR count). The van der Waals surface area contributed by atoms with Crippen molar-refractivity contribution >= 4 is 11.6 Å². The first kappa shape index (κ1) is 15.1.